The van der Waals surface area contributed by atoms with E-state index in [9.17, 15) is 14.4 Å². The van der Waals surface area contributed by atoms with Crippen LogP contribution in [0.15, 0.2) is 35.1 Å². The lowest BCUT2D eigenvalue weighted by Crippen LogP contribution is -2.31. The Bertz CT molecular complexity index is 1020. The number of nitrogens with zero attached hydrogens (tertiary/aromatic N) is 1. The fourth-order valence-corrected chi connectivity index (χ4v) is 3.75. The molecule has 9 heteroatoms. The lowest BCUT2D eigenvalue weighted by atomic mass is 10.1. The molecule has 158 valence electrons. The number of ether oxygens (including phenoxy) is 2. The third-order valence-corrected chi connectivity index (χ3v) is 5.39. The number of carbonyl (C=O) groups is 2. The molecule has 3 N–H and O–H groups in total. The summed E-state index contributed by atoms with van der Waals surface area (Å²) in [5.74, 6) is 0.894. The molecule has 0 spiro atoms. The monoisotopic (exact) mass is 412 g/mol. The number of aromatic nitrogens is 1. The van der Waals surface area contributed by atoms with E-state index in [0.29, 0.717) is 30.3 Å². The van der Waals surface area contributed by atoms with Gasteiger partial charge in [0, 0.05) is 32.4 Å². The first kappa shape index (κ1) is 20.0. The molecule has 0 bridgehead atoms. The number of benzene rings is 1. The first-order valence-electron chi connectivity index (χ1n) is 9.86. The van der Waals surface area contributed by atoms with Crippen molar-refractivity contribution in [1.82, 2.24) is 20.5 Å². The zero-order valence-corrected chi connectivity index (χ0v) is 16.7. The molecule has 0 radical (unpaired) electrons. The summed E-state index contributed by atoms with van der Waals surface area (Å²) < 4.78 is 10.6. The third kappa shape index (κ3) is 4.30. The molecule has 0 saturated carbocycles. The molecule has 1 saturated heterocycles. The normalized spacial score (nSPS) is 17.7. The third-order valence-electron chi connectivity index (χ3n) is 5.39. The molecule has 1 unspecified atom stereocenters. The fourth-order valence-electron chi connectivity index (χ4n) is 3.75. The second kappa shape index (κ2) is 8.58. The van der Waals surface area contributed by atoms with Crippen LogP contribution < -0.4 is 25.7 Å². The minimum atomic E-state index is -0.443. The maximum atomic E-state index is 12.4. The highest BCUT2D eigenvalue weighted by atomic mass is 16.7. The molecule has 30 heavy (non-hydrogen) atoms. The number of pyridine rings is 1. The molecule has 2 aliphatic rings. The van der Waals surface area contributed by atoms with Gasteiger partial charge in [0.05, 0.1) is 5.92 Å². The van der Waals surface area contributed by atoms with Crippen molar-refractivity contribution in [2.45, 2.75) is 19.5 Å². The molecule has 2 aliphatic heterocycles. The highest BCUT2D eigenvalue weighted by Crippen LogP contribution is 2.32. The van der Waals surface area contributed by atoms with E-state index in [2.05, 4.69) is 20.5 Å². The zero-order chi connectivity index (χ0) is 21.1. The van der Waals surface area contributed by atoms with Crippen molar-refractivity contribution in [3.63, 3.8) is 0 Å². The van der Waals surface area contributed by atoms with Gasteiger partial charge in [0.1, 0.15) is 5.56 Å². The Labute approximate surface area is 173 Å². The van der Waals surface area contributed by atoms with Gasteiger partial charge in [0.15, 0.2) is 11.5 Å². The van der Waals surface area contributed by atoms with Crippen molar-refractivity contribution in [2.75, 3.05) is 26.9 Å². The van der Waals surface area contributed by atoms with Gasteiger partial charge in [-0.1, -0.05) is 6.07 Å². The molecular weight excluding hydrogens is 388 g/mol. The predicted octanol–water partition coefficient (Wildman–Crippen LogP) is 0.601. The van der Waals surface area contributed by atoms with Gasteiger partial charge in [0.25, 0.3) is 11.5 Å². The smallest absolute Gasteiger partial charge is 0.261 e. The number of carbonyl (C=O) groups excluding carboxylic acids is 2. The van der Waals surface area contributed by atoms with Gasteiger partial charge in [-0.15, -0.1) is 0 Å². The number of likely N-dealkylation sites (tertiary alicyclic amines) is 1. The molecular formula is C21H24N4O5. The van der Waals surface area contributed by atoms with Crippen LogP contribution in [0.4, 0.5) is 0 Å². The van der Waals surface area contributed by atoms with E-state index < -0.39 is 11.5 Å². The van der Waals surface area contributed by atoms with Crippen LogP contribution in [0.2, 0.25) is 0 Å². The lowest BCUT2D eigenvalue weighted by molar-refractivity contribution is -0.124. The van der Waals surface area contributed by atoms with Gasteiger partial charge in [-0.25, -0.2) is 0 Å². The quantitative estimate of drug-likeness (QED) is 0.641. The molecule has 2 aromatic rings. The molecule has 1 aromatic carbocycles. The Morgan fingerprint density at radius 1 is 1.20 bits per heavy atom. The Balaban J connectivity index is 1.34. The van der Waals surface area contributed by atoms with Crippen LogP contribution in [-0.2, 0) is 17.9 Å². The Hall–Kier alpha value is -3.33. The number of hydrogen-bond donors (Lipinski definition) is 3. The summed E-state index contributed by atoms with van der Waals surface area (Å²) in [5, 5.41) is 5.43. The molecule has 0 aliphatic carbocycles. The minimum absolute atomic E-state index is 0.0250. The van der Waals surface area contributed by atoms with E-state index in [0.717, 1.165) is 18.5 Å². The number of nitrogens with one attached hydrogen (secondary N) is 3. The Kier molecular flexibility index (Phi) is 5.71. The van der Waals surface area contributed by atoms with Crippen molar-refractivity contribution in [3.8, 4) is 11.5 Å². The first-order valence-corrected chi connectivity index (χ1v) is 9.86. The molecule has 1 aromatic heterocycles. The van der Waals surface area contributed by atoms with Gasteiger partial charge in [-0.3, -0.25) is 19.3 Å². The largest absolute Gasteiger partial charge is 0.454 e. The topological polar surface area (TPSA) is 113 Å². The van der Waals surface area contributed by atoms with E-state index in [1.807, 2.05) is 6.07 Å². The van der Waals surface area contributed by atoms with Crippen LogP contribution >= 0.6 is 0 Å². The fraction of sp³-hybridized carbons (Fsp3) is 0.381. The van der Waals surface area contributed by atoms with Gasteiger partial charge < -0.3 is 25.1 Å². The molecule has 1 atom stereocenters. The number of H-pyrrole nitrogens is 1. The maximum Gasteiger partial charge on any atom is 0.261 e. The van der Waals surface area contributed by atoms with Gasteiger partial charge in [-0.2, -0.15) is 0 Å². The maximum absolute atomic E-state index is 12.4. The van der Waals surface area contributed by atoms with Crippen LogP contribution in [0.5, 0.6) is 11.5 Å². The average molecular weight is 412 g/mol. The van der Waals surface area contributed by atoms with Crippen molar-refractivity contribution in [3.05, 3.63) is 57.5 Å². The number of hydrogen-bond acceptors (Lipinski definition) is 6. The van der Waals surface area contributed by atoms with Gasteiger partial charge in [-0.05, 0) is 42.8 Å². The lowest BCUT2D eigenvalue weighted by Gasteiger charge is -2.15. The summed E-state index contributed by atoms with van der Waals surface area (Å²) >= 11 is 0. The van der Waals surface area contributed by atoms with Crippen molar-refractivity contribution in [2.24, 2.45) is 5.92 Å². The summed E-state index contributed by atoms with van der Waals surface area (Å²) in [6.45, 7) is 2.43. The van der Waals surface area contributed by atoms with Gasteiger partial charge >= 0.3 is 0 Å². The standard InChI is InChI=1S/C21H24N4O5/c1-22-19(26)14-6-7-25(10-14)11-15-3-4-16(21(28)24-15)20(27)23-9-13-2-5-17-18(8-13)30-12-29-17/h2-5,8,14H,6-7,9-12H2,1H3,(H,22,26)(H,23,27)(H,24,28). The molecule has 1 fully saturated rings. The second-order valence-electron chi connectivity index (χ2n) is 7.43. The summed E-state index contributed by atoms with van der Waals surface area (Å²) in [6.07, 6.45) is 0.796. The predicted molar refractivity (Wildman–Crippen MR) is 108 cm³/mol. The highest BCUT2D eigenvalue weighted by molar-refractivity contribution is 5.93. The van der Waals surface area contributed by atoms with E-state index in [1.165, 1.54) is 6.07 Å². The highest BCUT2D eigenvalue weighted by Gasteiger charge is 2.27. The SMILES string of the molecule is CNC(=O)C1CCN(Cc2ccc(C(=O)NCc3ccc4c(c3)OCO4)c(=O)[nH]2)C1. The minimum Gasteiger partial charge on any atom is -0.454 e. The molecule has 2 amide bonds. The molecule has 9 nitrogen and oxygen atoms in total. The molecule has 4 rings (SSSR count). The van der Waals surface area contributed by atoms with Crippen LogP contribution in [-0.4, -0.2) is 48.6 Å². The van der Waals surface area contributed by atoms with Crippen molar-refractivity contribution in [1.29, 1.82) is 0 Å². The summed E-state index contributed by atoms with van der Waals surface area (Å²) in [5.41, 5.74) is 1.19. The van der Waals surface area contributed by atoms with E-state index in [-0.39, 0.29) is 30.7 Å². The van der Waals surface area contributed by atoms with Crippen LogP contribution in [0.25, 0.3) is 0 Å². The van der Waals surface area contributed by atoms with Crippen LogP contribution in [0.3, 0.4) is 0 Å². The second-order valence-corrected chi connectivity index (χ2v) is 7.43. The Morgan fingerprint density at radius 3 is 2.83 bits per heavy atom. The van der Waals surface area contributed by atoms with Crippen LogP contribution in [0.1, 0.15) is 28.0 Å². The van der Waals surface area contributed by atoms with Gasteiger partial charge in [0.2, 0.25) is 12.7 Å². The Morgan fingerprint density at radius 2 is 2.03 bits per heavy atom. The van der Waals surface area contributed by atoms with E-state index in [4.69, 9.17) is 9.47 Å². The van der Waals surface area contributed by atoms with Crippen molar-refractivity contribution >= 4 is 11.8 Å². The number of amides is 2. The van der Waals surface area contributed by atoms with Crippen LogP contribution in [0, 0.1) is 5.92 Å². The number of fused-ring (bicyclic) bond motifs is 1. The van der Waals surface area contributed by atoms with Crippen molar-refractivity contribution < 1.29 is 19.1 Å². The summed E-state index contributed by atoms with van der Waals surface area (Å²) in [4.78, 5) is 41.5. The first-order chi connectivity index (χ1) is 14.5. The molecule has 3 heterocycles. The number of rotatable bonds is 6. The van der Waals surface area contributed by atoms with E-state index in [1.54, 1.807) is 25.2 Å². The average Bonchev–Trinajstić information content (AvgIpc) is 3.40. The summed E-state index contributed by atoms with van der Waals surface area (Å²) in [7, 11) is 1.64. The summed E-state index contributed by atoms with van der Waals surface area (Å²) in [6, 6.07) is 8.71. The number of aromatic amines is 1. The van der Waals surface area contributed by atoms with E-state index >= 15 is 0 Å². The zero-order valence-electron chi connectivity index (χ0n) is 16.7.